The van der Waals surface area contributed by atoms with Gasteiger partial charge >= 0.3 is 67.1 Å². The minimum absolute atomic E-state index is 0. The molecule has 8 heteroatoms. The fraction of sp³-hybridized carbons (Fsp3) is 0. The molecule has 0 fully saturated rings. The van der Waals surface area contributed by atoms with E-state index in [1.165, 1.54) is 0 Å². The molecule has 0 aromatic heterocycles. The monoisotopic (exact) mass is 623 g/mol. The van der Waals surface area contributed by atoms with E-state index in [-0.39, 0.29) is 94.5 Å². The molecule has 0 aromatic rings. The molecule has 0 amide bonds. The second-order valence-electron chi connectivity index (χ2n) is 0. The topological polar surface area (TPSA) is 142 Å². The molecule has 0 aromatic carbocycles. The van der Waals surface area contributed by atoms with Crippen LogP contribution in [-0.2, 0) is 94.5 Å². The van der Waals surface area contributed by atoms with Gasteiger partial charge in [0.2, 0.25) is 0 Å². The molecule has 8 heavy (non-hydrogen) atoms. The van der Waals surface area contributed by atoms with Crippen molar-refractivity contribution in [2.75, 3.05) is 0 Å². The second-order valence-corrected chi connectivity index (χ2v) is 0. The number of rotatable bonds is 0. The third-order valence-electron chi connectivity index (χ3n) is 0. The van der Waals surface area contributed by atoms with E-state index in [4.69, 9.17) is 0 Å². The van der Waals surface area contributed by atoms with E-state index >= 15 is 0 Å². The van der Waals surface area contributed by atoms with Gasteiger partial charge in [-0.15, -0.1) is 0 Å². The van der Waals surface area contributed by atoms with Crippen molar-refractivity contribution < 1.29 is 94.5 Å². The van der Waals surface area contributed by atoms with Crippen molar-refractivity contribution in [1.29, 1.82) is 0 Å². The summed E-state index contributed by atoms with van der Waals surface area (Å²) in [7, 11) is 0. The van der Waals surface area contributed by atoms with E-state index in [0.717, 1.165) is 0 Å². The smallest absolute Gasteiger partial charge is 2.00 e. The van der Waals surface area contributed by atoms with Crippen molar-refractivity contribution in [3.05, 3.63) is 0 Å². The van der Waals surface area contributed by atoms with E-state index in [1.54, 1.807) is 0 Å². The van der Waals surface area contributed by atoms with Crippen LogP contribution >= 0.6 is 0 Å². The Bertz CT molecular complexity index is 7.64. The molecule has 0 bridgehead atoms. The average molecular weight is 623 g/mol. The molecular formula is O5Ta3+5. The van der Waals surface area contributed by atoms with Gasteiger partial charge in [-0.3, -0.25) is 0 Å². The molecule has 0 saturated heterocycles. The van der Waals surface area contributed by atoms with Crippen molar-refractivity contribution in [3.8, 4) is 0 Å². The van der Waals surface area contributed by atoms with E-state index in [9.17, 15) is 0 Å². The largest absolute Gasteiger partial charge is 5.00 e. The molecule has 0 spiro atoms. The Kier molecular flexibility index (Phi) is 3550. The zero-order valence-corrected chi connectivity index (χ0v) is 13.0. The van der Waals surface area contributed by atoms with Crippen LogP contribution in [0.2, 0.25) is 0 Å². The summed E-state index contributed by atoms with van der Waals surface area (Å²) in [6, 6.07) is 0. The fourth-order valence-corrected chi connectivity index (χ4v) is 0. The minimum Gasteiger partial charge on any atom is -2.00 e. The SMILES string of the molecule is [O-2].[O-2].[O-2].[O-2].[O-2].[Ta+5].[Ta+5].[Ta+5]. The van der Waals surface area contributed by atoms with Crippen molar-refractivity contribution >= 4 is 0 Å². The third-order valence-corrected chi connectivity index (χ3v) is 0. The first-order chi connectivity index (χ1) is 0. The Morgan fingerprint density at radius 1 is 0.250 bits per heavy atom. The van der Waals surface area contributed by atoms with Gasteiger partial charge in [0, 0.05) is 0 Å². The van der Waals surface area contributed by atoms with Gasteiger partial charge in [-0.25, -0.2) is 0 Å². The van der Waals surface area contributed by atoms with Crippen LogP contribution in [-0.4, -0.2) is 0 Å². The Hall–Kier alpha value is 2.02. The van der Waals surface area contributed by atoms with Crippen LogP contribution in [0.25, 0.3) is 0 Å². The molecule has 0 aliphatic heterocycles. The summed E-state index contributed by atoms with van der Waals surface area (Å²) in [5.41, 5.74) is 0. The molecular weight excluding hydrogens is 623 g/mol. The maximum absolute atomic E-state index is 0. The van der Waals surface area contributed by atoms with Crippen molar-refractivity contribution in [1.82, 2.24) is 0 Å². The second kappa shape index (κ2) is 142. The van der Waals surface area contributed by atoms with E-state index in [2.05, 4.69) is 0 Å². The maximum Gasteiger partial charge on any atom is 5.00 e. The maximum atomic E-state index is 0. The Morgan fingerprint density at radius 2 is 0.250 bits per heavy atom. The van der Waals surface area contributed by atoms with Gasteiger partial charge in [0.25, 0.3) is 0 Å². The van der Waals surface area contributed by atoms with Crippen molar-refractivity contribution in [2.24, 2.45) is 0 Å². The van der Waals surface area contributed by atoms with Crippen molar-refractivity contribution in [2.45, 2.75) is 0 Å². The third kappa shape index (κ3) is 96.8. The predicted octanol–water partition coefficient (Wildman–Crippen LogP) is -0.601. The predicted molar refractivity (Wildman–Crippen MR) is 3.43 cm³/mol. The first-order valence-electron chi connectivity index (χ1n) is 0. The van der Waals surface area contributed by atoms with Crippen LogP contribution in [0.5, 0.6) is 0 Å². The molecule has 0 atom stereocenters. The molecule has 0 saturated carbocycles. The average Bonchev–Trinajstić information content (AvgIpc) is 0. The van der Waals surface area contributed by atoms with Crippen LogP contribution in [0.15, 0.2) is 0 Å². The minimum atomic E-state index is 0. The Labute approximate surface area is 93.7 Å². The molecule has 0 rings (SSSR count). The zero-order valence-electron chi connectivity index (χ0n) is 3.38. The van der Waals surface area contributed by atoms with Crippen LogP contribution in [0.1, 0.15) is 0 Å². The Morgan fingerprint density at radius 3 is 0.250 bits per heavy atom. The number of hydrogen-bond acceptors (Lipinski definition) is 0. The standard InChI is InChI=1S/5O.3Ta/q5*-2;3*+5. The van der Waals surface area contributed by atoms with Gasteiger partial charge in [-0.05, 0) is 0 Å². The first kappa shape index (κ1) is 200. The van der Waals surface area contributed by atoms with Gasteiger partial charge in [0.15, 0.2) is 0 Å². The summed E-state index contributed by atoms with van der Waals surface area (Å²) in [4.78, 5) is 0. The summed E-state index contributed by atoms with van der Waals surface area (Å²) in [5, 5.41) is 0. The van der Waals surface area contributed by atoms with Gasteiger partial charge in [0.05, 0.1) is 0 Å². The molecule has 0 N–H and O–H groups in total. The normalized spacial score (nSPS) is 0. The summed E-state index contributed by atoms with van der Waals surface area (Å²) >= 11 is 0. The van der Waals surface area contributed by atoms with Crippen LogP contribution in [0.3, 0.4) is 0 Å². The molecule has 40 valence electrons. The van der Waals surface area contributed by atoms with Gasteiger partial charge in [-0.1, -0.05) is 0 Å². The molecule has 0 aliphatic rings. The van der Waals surface area contributed by atoms with Crippen molar-refractivity contribution in [3.63, 3.8) is 0 Å². The van der Waals surface area contributed by atoms with E-state index in [1.807, 2.05) is 0 Å². The fourth-order valence-electron chi connectivity index (χ4n) is 0. The van der Waals surface area contributed by atoms with Gasteiger partial charge in [0.1, 0.15) is 0 Å². The van der Waals surface area contributed by atoms with Gasteiger partial charge in [-0.2, -0.15) is 0 Å². The van der Waals surface area contributed by atoms with Crippen LogP contribution in [0, 0.1) is 0 Å². The zero-order chi connectivity index (χ0) is 0. The quantitative estimate of drug-likeness (QED) is 0.340. The van der Waals surface area contributed by atoms with E-state index < -0.39 is 0 Å². The van der Waals surface area contributed by atoms with Crippen LogP contribution in [0.4, 0.5) is 0 Å². The molecule has 0 aliphatic carbocycles. The number of hydrogen-bond donors (Lipinski definition) is 0. The molecule has 0 radical (unpaired) electrons. The summed E-state index contributed by atoms with van der Waals surface area (Å²) < 4.78 is 0. The molecule has 5 nitrogen and oxygen atoms in total. The Balaban J connectivity index is 0. The summed E-state index contributed by atoms with van der Waals surface area (Å²) in [6.45, 7) is 0. The molecule has 0 heterocycles. The van der Waals surface area contributed by atoms with Gasteiger partial charge < -0.3 is 27.4 Å². The summed E-state index contributed by atoms with van der Waals surface area (Å²) in [6.07, 6.45) is 0. The molecule has 0 unspecified atom stereocenters. The first-order valence-corrected chi connectivity index (χ1v) is 0. The van der Waals surface area contributed by atoms with Crippen LogP contribution < -0.4 is 0 Å². The summed E-state index contributed by atoms with van der Waals surface area (Å²) in [5.74, 6) is 0. The van der Waals surface area contributed by atoms with E-state index in [0.29, 0.717) is 0 Å².